The van der Waals surface area contributed by atoms with Gasteiger partial charge in [0, 0.05) is 28.9 Å². The van der Waals surface area contributed by atoms with E-state index >= 15 is 0 Å². The highest BCUT2D eigenvalue weighted by atomic mass is 16.5. The third kappa shape index (κ3) is 4.71. The molecule has 0 atom stereocenters. The van der Waals surface area contributed by atoms with Gasteiger partial charge >= 0.3 is 0 Å². The molecule has 2 heterocycles. The van der Waals surface area contributed by atoms with Crippen molar-refractivity contribution in [2.24, 2.45) is 0 Å². The smallest absolute Gasteiger partial charge is 0.271 e. The van der Waals surface area contributed by atoms with Crippen molar-refractivity contribution in [3.05, 3.63) is 83.1 Å². The van der Waals surface area contributed by atoms with E-state index in [1.165, 1.54) is 0 Å². The average Bonchev–Trinajstić information content (AvgIpc) is 3.30. The summed E-state index contributed by atoms with van der Waals surface area (Å²) >= 11 is 0. The van der Waals surface area contributed by atoms with Crippen LogP contribution in [-0.4, -0.2) is 39.1 Å². The van der Waals surface area contributed by atoms with Crippen LogP contribution in [0.5, 0.6) is 5.75 Å². The van der Waals surface area contributed by atoms with E-state index in [9.17, 15) is 14.9 Å². The molecular weight excluding hydrogens is 452 g/mol. The molecular formula is C29H28N4O3. The lowest BCUT2D eigenvalue weighted by atomic mass is 9.92. The minimum atomic E-state index is -0.560. The van der Waals surface area contributed by atoms with Gasteiger partial charge < -0.3 is 4.74 Å². The van der Waals surface area contributed by atoms with Crippen molar-refractivity contribution >= 4 is 17.9 Å². The standard InChI is InChI=1S/C29H28N4O3/c1-5-15-36-24-13-11-21(12-14-24)27-22(18-32(31-27)23-9-7-6-8-10-23)16-25-20(4)26(17-30)29(35)33(19(2)3)28(25)34/h6-14,16,18-19H,5,15H2,1-4H3/b25-16+. The van der Waals surface area contributed by atoms with Gasteiger partial charge in [-0.1, -0.05) is 25.1 Å². The second-order valence-corrected chi connectivity index (χ2v) is 8.83. The molecule has 0 saturated heterocycles. The number of carbonyl (C=O) groups is 2. The zero-order valence-electron chi connectivity index (χ0n) is 20.9. The Morgan fingerprint density at radius 1 is 1.06 bits per heavy atom. The van der Waals surface area contributed by atoms with E-state index in [0.717, 1.165) is 28.3 Å². The summed E-state index contributed by atoms with van der Waals surface area (Å²) in [6.07, 6.45) is 4.49. The highest BCUT2D eigenvalue weighted by molar-refractivity contribution is 6.20. The SMILES string of the molecule is CCCOc1ccc(-c2nn(-c3ccccc3)cc2/C=C2/C(=O)N(C(C)C)C(=O)C(C#N)=C2C)cc1. The lowest BCUT2D eigenvalue weighted by Gasteiger charge is -2.30. The first-order valence-corrected chi connectivity index (χ1v) is 11.9. The Balaban J connectivity index is 1.87. The summed E-state index contributed by atoms with van der Waals surface area (Å²) in [5.74, 6) is -0.211. The van der Waals surface area contributed by atoms with Crippen LogP contribution >= 0.6 is 0 Å². The van der Waals surface area contributed by atoms with E-state index in [4.69, 9.17) is 9.84 Å². The molecule has 7 heteroatoms. The van der Waals surface area contributed by atoms with Gasteiger partial charge in [0.15, 0.2) is 0 Å². The number of amides is 2. The van der Waals surface area contributed by atoms with Crippen molar-refractivity contribution in [1.82, 2.24) is 14.7 Å². The summed E-state index contributed by atoms with van der Waals surface area (Å²) in [6.45, 7) is 7.84. The van der Waals surface area contributed by atoms with Crippen LogP contribution in [-0.2, 0) is 9.59 Å². The van der Waals surface area contributed by atoms with Gasteiger partial charge in [0.25, 0.3) is 11.8 Å². The fourth-order valence-corrected chi connectivity index (χ4v) is 4.08. The molecule has 4 rings (SSSR count). The number of nitrogens with zero attached hydrogens (tertiary/aromatic N) is 4. The first kappa shape index (κ1) is 24.7. The fraction of sp³-hybridized carbons (Fsp3) is 0.241. The predicted octanol–water partition coefficient (Wildman–Crippen LogP) is 5.33. The fourth-order valence-electron chi connectivity index (χ4n) is 4.08. The summed E-state index contributed by atoms with van der Waals surface area (Å²) in [6, 6.07) is 18.9. The van der Waals surface area contributed by atoms with Crippen LogP contribution in [0.2, 0.25) is 0 Å². The average molecular weight is 481 g/mol. The van der Waals surface area contributed by atoms with Crippen molar-refractivity contribution in [3.8, 4) is 28.8 Å². The molecule has 1 aliphatic rings. The van der Waals surface area contributed by atoms with Gasteiger partial charge in [0.2, 0.25) is 0 Å². The quantitative estimate of drug-likeness (QED) is 0.337. The van der Waals surface area contributed by atoms with Crippen molar-refractivity contribution in [2.75, 3.05) is 6.61 Å². The van der Waals surface area contributed by atoms with E-state index in [0.29, 0.717) is 29.0 Å². The Morgan fingerprint density at radius 2 is 1.75 bits per heavy atom. The Morgan fingerprint density at radius 3 is 2.36 bits per heavy atom. The van der Waals surface area contributed by atoms with Crippen LogP contribution in [0.15, 0.2) is 77.5 Å². The maximum absolute atomic E-state index is 13.4. The molecule has 1 aliphatic heterocycles. The van der Waals surface area contributed by atoms with Gasteiger partial charge in [-0.15, -0.1) is 0 Å². The van der Waals surface area contributed by atoms with Gasteiger partial charge in [0.05, 0.1) is 18.0 Å². The number of carbonyl (C=O) groups excluding carboxylic acids is 2. The minimum Gasteiger partial charge on any atom is -0.494 e. The summed E-state index contributed by atoms with van der Waals surface area (Å²) in [7, 11) is 0. The van der Waals surface area contributed by atoms with E-state index in [1.54, 1.807) is 31.5 Å². The van der Waals surface area contributed by atoms with Crippen molar-refractivity contribution < 1.29 is 14.3 Å². The molecule has 0 N–H and O–H groups in total. The number of rotatable bonds is 7. The molecule has 182 valence electrons. The summed E-state index contributed by atoms with van der Waals surface area (Å²) in [5, 5.41) is 14.5. The van der Waals surface area contributed by atoms with Crippen molar-refractivity contribution in [2.45, 2.75) is 40.2 Å². The molecule has 0 fully saturated rings. The van der Waals surface area contributed by atoms with E-state index in [2.05, 4.69) is 6.92 Å². The third-order valence-electron chi connectivity index (χ3n) is 5.95. The first-order chi connectivity index (χ1) is 17.3. The molecule has 2 amide bonds. The molecule has 0 spiro atoms. The molecule has 0 aliphatic carbocycles. The maximum Gasteiger partial charge on any atom is 0.271 e. The molecule has 0 bridgehead atoms. The number of imide groups is 1. The van der Waals surface area contributed by atoms with Gasteiger partial charge in [-0.05, 0) is 75.2 Å². The van der Waals surface area contributed by atoms with Gasteiger partial charge in [-0.3, -0.25) is 14.5 Å². The molecule has 7 nitrogen and oxygen atoms in total. The largest absolute Gasteiger partial charge is 0.494 e. The van der Waals surface area contributed by atoms with Gasteiger partial charge in [-0.25, -0.2) is 4.68 Å². The lowest BCUT2D eigenvalue weighted by molar-refractivity contribution is -0.142. The molecule has 2 aromatic carbocycles. The van der Waals surface area contributed by atoms with E-state index < -0.39 is 11.8 Å². The molecule has 36 heavy (non-hydrogen) atoms. The highest BCUT2D eigenvalue weighted by Gasteiger charge is 2.37. The molecule has 0 unspecified atom stereocenters. The number of para-hydroxylation sites is 1. The molecule has 0 radical (unpaired) electrons. The summed E-state index contributed by atoms with van der Waals surface area (Å²) in [4.78, 5) is 27.3. The predicted molar refractivity (Wildman–Crippen MR) is 138 cm³/mol. The molecule has 1 aromatic heterocycles. The van der Waals surface area contributed by atoms with E-state index in [-0.39, 0.29) is 11.6 Å². The van der Waals surface area contributed by atoms with Crippen LogP contribution in [0.3, 0.4) is 0 Å². The number of nitriles is 1. The summed E-state index contributed by atoms with van der Waals surface area (Å²) < 4.78 is 7.47. The van der Waals surface area contributed by atoms with Crippen LogP contribution in [0.4, 0.5) is 0 Å². The number of aromatic nitrogens is 2. The lowest BCUT2D eigenvalue weighted by Crippen LogP contribution is -2.46. The van der Waals surface area contributed by atoms with Crippen LogP contribution in [0.25, 0.3) is 23.0 Å². The zero-order valence-corrected chi connectivity index (χ0v) is 20.9. The third-order valence-corrected chi connectivity index (χ3v) is 5.95. The molecule has 0 saturated carbocycles. The second kappa shape index (κ2) is 10.4. The maximum atomic E-state index is 13.4. The Bertz CT molecular complexity index is 1390. The van der Waals surface area contributed by atoms with Gasteiger partial charge in [0.1, 0.15) is 17.4 Å². The number of ether oxygens (including phenoxy) is 1. The van der Waals surface area contributed by atoms with Crippen LogP contribution < -0.4 is 4.74 Å². The Hall–Kier alpha value is -4.44. The second-order valence-electron chi connectivity index (χ2n) is 8.83. The minimum absolute atomic E-state index is 0.0241. The normalized spacial score (nSPS) is 15.1. The summed E-state index contributed by atoms with van der Waals surface area (Å²) in [5.41, 5.74) is 3.72. The Kier molecular flexibility index (Phi) is 7.16. The topological polar surface area (TPSA) is 88.2 Å². The van der Waals surface area contributed by atoms with Crippen molar-refractivity contribution in [3.63, 3.8) is 0 Å². The van der Waals surface area contributed by atoms with Crippen LogP contribution in [0.1, 0.15) is 39.7 Å². The monoisotopic (exact) mass is 480 g/mol. The first-order valence-electron chi connectivity index (χ1n) is 11.9. The number of hydrogen-bond donors (Lipinski definition) is 0. The van der Waals surface area contributed by atoms with Crippen molar-refractivity contribution in [1.29, 1.82) is 5.26 Å². The van der Waals surface area contributed by atoms with Gasteiger partial charge in [-0.2, -0.15) is 10.4 Å². The Labute approximate surface area is 210 Å². The van der Waals surface area contributed by atoms with E-state index in [1.807, 2.05) is 66.9 Å². The number of hydrogen-bond acceptors (Lipinski definition) is 5. The van der Waals surface area contributed by atoms with Crippen LogP contribution in [0, 0.1) is 11.3 Å². The zero-order chi connectivity index (χ0) is 25.8. The highest BCUT2D eigenvalue weighted by Crippen LogP contribution is 2.32. The number of benzene rings is 2. The molecule has 3 aromatic rings.